The molecule has 1 saturated heterocycles. The van der Waals surface area contributed by atoms with Gasteiger partial charge in [0.05, 0.1) is 11.6 Å². The lowest BCUT2D eigenvalue weighted by molar-refractivity contribution is -0.120. The van der Waals surface area contributed by atoms with Gasteiger partial charge in [0.25, 0.3) is 0 Å². The topological polar surface area (TPSA) is 63.1 Å². The SMILES string of the molecule is CCc1nn(C)c(NC(=O)C2CCCN(c3ccccn3)C2)c1C. The van der Waals surface area contributed by atoms with Gasteiger partial charge in [-0.3, -0.25) is 9.48 Å². The van der Waals surface area contributed by atoms with E-state index < -0.39 is 0 Å². The van der Waals surface area contributed by atoms with E-state index in [0.29, 0.717) is 6.54 Å². The molecule has 2 aromatic rings. The summed E-state index contributed by atoms with van der Waals surface area (Å²) in [5.41, 5.74) is 2.09. The van der Waals surface area contributed by atoms with Crippen LogP contribution in [0.5, 0.6) is 0 Å². The lowest BCUT2D eigenvalue weighted by Gasteiger charge is -2.32. The molecule has 6 heteroatoms. The van der Waals surface area contributed by atoms with Gasteiger partial charge in [0.15, 0.2) is 0 Å². The third-order valence-electron chi connectivity index (χ3n) is 4.72. The zero-order valence-corrected chi connectivity index (χ0v) is 14.6. The molecule has 0 aliphatic carbocycles. The molecule has 0 spiro atoms. The maximum atomic E-state index is 12.7. The largest absolute Gasteiger partial charge is 0.356 e. The number of piperidine rings is 1. The Labute approximate surface area is 142 Å². The van der Waals surface area contributed by atoms with Crippen molar-refractivity contribution in [2.45, 2.75) is 33.1 Å². The van der Waals surface area contributed by atoms with E-state index in [1.807, 2.05) is 32.2 Å². The van der Waals surface area contributed by atoms with Crippen LogP contribution < -0.4 is 10.2 Å². The van der Waals surface area contributed by atoms with Crippen LogP contribution in [0.4, 0.5) is 11.6 Å². The van der Waals surface area contributed by atoms with Crippen molar-refractivity contribution in [1.82, 2.24) is 14.8 Å². The van der Waals surface area contributed by atoms with E-state index in [1.165, 1.54) is 0 Å². The van der Waals surface area contributed by atoms with Crippen LogP contribution >= 0.6 is 0 Å². The van der Waals surface area contributed by atoms with Crippen LogP contribution in [0.2, 0.25) is 0 Å². The summed E-state index contributed by atoms with van der Waals surface area (Å²) in [6.45, 7) is 5.75. The third kappa shape index (κ3) is 3.27. The highest BCUT2D eigenvalue weighted by molar-refractivity contribution is 5.93. The fraction of sp³-hybridized carbons (Fsp3) is 0.500. The monoisotopic (exact) mass is 327 g/mol. The smallest absolute Gasteiger partial charge is 0.230 e. The van der Waals surface area contributed by atoms with Crippen LogP contribution in [-0.2, 0) is 18.3 Å². The summed E-state index contributed by atoms with van der Waals surface area (Å²) in [6.07, 6.45) is 4.57. The summed E-state index contributed by atoms with van der Waals surface area (Å²) < 4.78 is 1.77. The summed E-state index contributed by atoms with van der Waals surface area (Å²) in [5, 5.41) is 7.56. The number of anilines is 2. The number of pyridine rings is 1. The quantitative estimate of drug-likeness (QED) is 0.937. The Morgan fingerprint density at radius 2 is 2.25 bits per heavy atom. The molecule has 1 unspecified atom stereocenters. The molecule has 2 aromatic heterocycles. The van der Waals surface area contributed by atoms with E-state index in [-0.39, 0.29) is 11.8 Å². The molecule has 1 aliphatic heterocycles. The normalized spacial score (nSPS) is 17.8. The molecule has 128 valence electrons. The van der Waals surface area contributed by atoms with E-state index in [0.717, 1.165) is 48.7 Å². The summed E-state index contributed by atoms with van der Waals surface area (Å²) in [4.78, 5) is 19.3. The first-order valence-corrected chi connectivity index (χ1v) is 8.59. The van der Waals surface area contributed by atoms with Crippen LogP contribution in [0.15, 0.2) is 24.4 Å². The van der Waals surface area contributed by atoms with Crippen LogP contribution in [0.3, 0.4) is 0 Å². The number of hydrogen-bond acceptors (Lipinski definition) is 4. The number of amides is 1. The van der Waals surface area contributed by atoms with Crippen molar-refractivity contribution in [3.63, 3.8) is 0 Å². The number of rotatable bonds is 4. The molecule has 3 rings (SSSR count). The second kappa shape index (κ2) is 7.03. The Hall–Kier alpha value is -2.37. The molecule has 1 fully saturated rings. The van der Waals surface area contributed by atoms with Crippen molar-refractivity contribution in [1.29, 1.82) is 0 Å². The fourth-order valence-electron chi connectivity index (χ4n) is 3.35. The number of hydrogen-bond donors (Lipinski definition) is 1. The Morgan fingerprint density at radius 1 is 1.42 bits per heavy atom. The molecular formula is C18H25N5O. The molecular weight excluding hydrogens is 302 g/mol. The van der Waals surface area contributed by atoms with Crippen LogP contribution in [0, 0.1) is 12.8 Å². The minimum atomic E-state index is -0.0277. The van der Waals surface area contributed by atoms with Crippen molar-refractivity contribution in [2.24, 2.45) is 13.0 Å². The highest BCUT2D eigenvalue weighted by Crippen LogP contribution is 2.24. The van der Waals surface area contributed by atoms with E-state index in [4.69, 9.17) is 0 Å². The van der Waals surface area contributed by atoms with E-state index >= 15 is 0 Å². The number of aromatic nitrogens is 3. The molecule has 3 heterocycles. The highest BCUT2D eigenvalue weighted by atomic mass is 16.2. The van der Waals surface area contributed by atoms with Gasteiger partial charge < -0.3 is 10.2 Å². The van der Waals surface area contributed by atoms with Crippen molar-refractivity contribution >= 4 is 17.5 Å². The van der Waals surface area contributed by atoms with Crippen molar-refractivity contribution in [3.8, 4) is 0 Å². The summed E-state index contributed by atoms with van der Waals surface area (Å²) in [5.74, 6) is 1.80. The molecule has 24 heavy (non-hydrogen) atoms. The number of nitrogens with zero attached hydrogens (tertiary/aromatic N) is 4. The Morgan fingerprint density at radius 3 is 2.92 bits per heavy atom. The first kappa shape index (κ1) is 16.5. The molecule has 0 bridgehead atoms. The third-order valence-corrected chi connectivity index (χ3v) is 4.72. The minimum absolute atomic E-state index is 0.0277. The molecule has 1 aliphatic rings. The summed E-state index contributed by atoms with van der Waals surface area (Å²) >= 11 is 0. The Balaban J connectivity index is 1.70. The standard InChI is InChI=1S/C18H25N5O/c1-4-15-13(2)17(22(3)21-15)20-18(24)14-8-7-11-23(12-14)16-9-5-6-10-19-16/h5-6,9-10,14H,4,7-8,11-12H2,1-3H3,(H,20,24). The fourth-order valence-corrected chi connectivity index (χ4v) is 3.35. The second-order valence-corrected chi connectivity index (χ2v) is 6.36. The summed E-state index contributed by atoms with van der Waals surface area (Å²) in [6, 6.07) is 5.89. The first-order valence-electron chi connectivity index (χ1n) is 8.59. The van der Waals surface area contributed by atoms with E-state index in [9.17, 15) is 4.79 Å². The predicted molar refractivity (Wildman–Crippen MR) is 95.1 cm³/mol. The van der Waals surface area contributed by atoms with Crippen molar-refractivity contribution in [3.05, 3.63) is 35.7 Å². The molecule has 1 N–H and O–H groups in total. The average molecular weight is 327 g/mol. The van der Waals surface area contributed by atoms with Gasteiger partial charge in [-0.1, -0.05) is 13.0 Å². The molecule has 6 nitrogen and oxygen atoms in total. The first-order chi connectivity index (χ1) is 11.6. The lowest BCUT2D eigenvalue weighted by Crippen LogP contribution is -2.41. The van der Waals surface area contributed by atoms with Gasteiger partial charge in [-0.2, -0.15) is 5.10 Å². The van der Waals surface area contributed by atoms with Gasteiger partial charge in [-0.25, -0.2) is 4.98 Å². The number of carbonyl (C=O) groups excluding carboxylic acids is 1. The van der Waals surface area contributed by atoms with Gasteiger partial charge in [-0.05, 0) is 38.3 Å². The predicted octanol–water partition coefficient (Wildman–Crippen LogP) is 2.54. The van der Waals surface area contributed by atoms with E-state index in [2.05, 4.69) is 27.2 Å². The maximum absolute atomic E-state index is 12.7. The van der Waals surface area contributed by atoms with Crippen molar-refractivity contribution in [2.75, 3.05) is 23.3 Å². The zero-order valence-electron chi connectivity index (χ0n) is 14.6. The highest BCUT2D eigenvalue weighted by Gasteiger charge is 2.27. The molecule has 0 radical (unpaired) electrons. The van der Waals surface area contributed by atoms with E-state index in [1.54, 1.807) is 10.9 Å². The van der Waals surface area contributed by atoms with Gasteiger partial charge in [0.2, 0.25) is 5.91 Å². The molecule has 0 aromatic carbocycles. The van der Waals surface area contributed by atoms with Gasteiger partial charge in [0.1, 0.15) is 11.6 Å². The maximum Gasteiger partial charge on any atom is 0.230 e. The Bertz CT molecular complexity index is 710. The lowest BCUT2D eigenvalue weighted by atomic mass is 9.97. The number of nitrogens with one attached hydrogen (secondary N) is 1. The van der Waals surface area contributed by atoms with Crippen LogP contribution in [-0.4, -0.2) is 33.8 Å². The van der Waals surface area contributed by atoms with Crippen molar-refractivity contribution < 1.29 is 4.79 Å². The van der Waals surface area contributed by atoms with Gasteiger partial charge in [-0.15, -0.1) is 0 Å². The average Bonchev–Trinajstić information content (AvgIpc) is 2.90. The minimum Gasteiger partial charge on any atom is -0.356 e. The number of carbonyl (C=O) groups is 1. The van der Waals surface area contributed by atoms with Crippen LogP contribution in [0.25, 0.3) is 0 Å². The number of aryl methyl sites for hydroxylation is 2. The Kier molecular flexibility index (Phi) is 4.83. The van der Waals surface area contributed by atoms with Gasteiger partial charge >= 0.3 is 0 Å². The molecule has 1 atom stereocenters. The van der Waals surface area contributed by atoms with Gasteiger partial charge in [0, 0.05) is 31.9 Å². The summed E-state index contributed by atoms with van der Waals surface area (Å²) in [7, 11) is 1.88. The molecule has 0 saturated carbocycles. The van der Waals surface area contributed by atoms with Crippen LogP contribution in [0.1, 0.15) is 31.0 Å². The zero-order chi connectivity index (χ0) is 17.1. The second-order valence-electron chi connectivity index (χ2n) is 6.36. The molecule has 1 amide bonds.